The third kappa shape index (κ3) is 83.2. The lowest BCUT2D eigenvalue weighted by molar-refractivity contribution is -0.143. The van der Waals surface area contributed by atoms with Gasteiger partial charge in [-0.05, 0) is 57.8 Å². The second-order valence-corrected chi connectivity index (χ2v) is 31.3. The number of rotatable bonds is 86. The van der Waals surface area contributed by atoms with Gasteiger partial charge in [0.25, 0.3) is 0 Å². The highest BCUT2D eigenvalue weighted by Crippen LogP contribution is 2.21. The molecule has 0 saturated carbocycles. The summed E-state index contributed by atoms with van der Waals surface area (Å²) in [7, 11) is 0. The van der Waals surface area contributed by atoms with E-state index in [9.17, 15) is 19.8 Å². The molecule has 3 N–H and O–H groups in total. The lowest BCUT2D eigenvalue weighted by Crippen LogP contribution is -2.45. The second kappa shape index (κ2) is 86.7. The number of ether oxygens (including phenoxy) is 1. The molecule has 2 atom stereocenters. The molecule has 0 rings (SSSR count). The van der Waals surface area contributed by atoms with Crippen LogP contribution in [0.3, 0.4) is 0 Å². The van der Waals surface area contributed by atoms with Gasteiger partial charge in [0.2, 0.25) is 5.91 Å². The third-order valence-electron chi connectivity index (χ3n) is 21.5. The molecule has 0 fully saturated rings. The van der Waals surface area contributed by atoms with E-state index in [0.717, 1.165) is 44.9 Å². The summed E-state index contributed by atoms with van der Waals surface area (Å²) in [5.41, 5.74) is 0. The summed E-state index contributed by atoms with van der Waals surface area (Å²) in [6, 6.07) is -0.541. The molecule has 0 aliphatic carbocycles. The van der Waals surface area contributed by atoms with Crippen LogP contribution in [0.4, 0.5) is 0 Å². The molecule has 0 radical (unpaired) electrons. The predicted octanol–water partition coefficient (Wildman–Crippen LogP) is 30.3. The van der Waals surface area contributed by atoms with Crippen molar-refractivity contribution in [3.8, 4) is 0 Å². The summed E-state index contributed by atoms with van der Waals surface area (Å²) in [4.78, 5) is 24.7. The van der Waals surface area contributed by atoms with E-state index in [0.29, 0.717) is 25.9 Å². The zero-order valence-corrected chi connectivity index (χ0v) is 66.4. The molecule has 0 aliphatic rings. The van der Waals surface area contributed by atoms with Crippen molar-refractivity contribution in [1.29, 1.82) is 0 Å². The molecular formula is C91H177NO5. The molecule has 0 aromatic rings. The van der Waals surface area contributed by atoms with Crippen LogP contribution in [0.5, 0.6) is 0 Å². The van der Waals surface area contributed by atoms with Gasteiger partial charge in [-0.3, -0.25) is 9.59 Å². The normalized spacial score (nSPS) is 12.5. The van der Waals surface area contributed by atoms with Crippen molar-refractivity contribution >= 4 is 11.9 Å². The molecular weight excluding hydrogens is 1190 g/mol. The highest BCUT2D eigenvalue weighted by molar-refractivity contribution is 5.76. The van der Waals surface area contributed by atoms with Crippen LogP contribution in [0.25, 0.3) is 0 Å². The zero-order valence-electron chi connectivity index (χ0n) is 66.4. The molecule has 0 aliphatic heterocycles. The monoisotopic (exact) mass is 1360 g/mol. The molecule has 0 heterocycles. The summed E-state index contributed by atoms with van der Waals surface area (Å²) in [6.07, 6.45) is 113. The van der Waals surface area contributed by atoms with Gasteiger partial charge in [-0.25, -0.2) is 0 Å². The number of aliphatic hydroxyl groups excluding tert-OH is 2. The number of hydrogen-bond acceptors (Lipinski definition) is 5. The van der Waals surface area contributed by atoms with Gasteiger partial charge >= 0.3 is 5.97 Å². The fraction of sp³-hybridized carbons (Fsp3) is 0.934. The molecule has 1 amide bonds. The van der Waals surface area contributed by atoms with E-state index in [1.807, 2.05) is 0 Å². The van der Waals surface area contributed by atoms with Gasteiger partial charge < -0.3 is 20.3 Å². The maximum absolute atomic E-state index is 12.6. The molecule has 97 heavy (non-hydrogen) atoms. The topological polar surface area (TPSA) is 95.9 Å². The Balaban J connectivity index is 3.35. The number of allylic oxidation sites excluding steroid dienone is 4. The number of carbonyl (C=O) groups is 2. The minimum atomic E-state index is -0.664. The van der Waals surface area contributed by atoms with Crippen LogP contribution in [0.1, 0.15) is 521 Å². The van der Waals surface area contributed by atoms with Crippen LogP contribution in [0.2, 0.25) is 0 Å². The Morgan fingerprint density at radius 2 is 0.515 bits per heavy atom. The quantitative estimate of drug-likeness (QED) is 0.0320. The van der Waals surface area contributed by atoms with Gasteiger partial charge in [-0.2, -0.15) is 0 Å². The van der Waals surface area contributed by atoms with Crippen LogP contribution in [0, 0.1) is 0 Å². The molecule has 0 aromatic heterocycles. The van der Waals surface area contributed by atoms with Crippen LogP contribution in [0.15, 0.2) is 24.3 Å². The van der Waals surface area contributed by atoms with Crippen LogP contribution < -0.4 is 5.32 Å². The van der Waals surface area contributed by atoms with E-state index in [2.05, 4.69) is 43.5 Å². The molecule has 0 saturated heterocycles. The highest BCUT2D eigenvalue weighted by atomic mass is 16.5. The van der Waals surface area contributed by atoms with Crippen molar-refractivity contribution < 1.29 is 24.5 Å². The molecule has 6 nitrogen and oxygen atoms in total. The van der Waals surface area contributed by atoms with E-state index in [4.69, 9.17) is 4.74 Å². The minimum Gasteiger partial charge on any atom is -0.466 e. The number of unbranched alkanes of at least 4 members (excludes halogenated alkanes) is 71. The number of hydrogen-bond donors (Lipinski definition) is 3. The Morgan fingerprint density at radius 1 is 0.289 bits per heavy atom. The number of carbonyl (C=O) groups excluding carboxylic acids is 2. The summed E-state index contributed by atoms with van der Waals surface area (Å²) >= 11 is 0. The van der Waals surface area contributed by atoms with Gasteiger partial charge in [0, 0.05) is 12.8 Å². The van der Waals surface area contributed by atoms with Crippen molar-refractivity contribution in [2.45, 2.75) is 533 Å². The molecule has 0 spiro atoms. The van der Waals surface area contributed by atoms with Gasteiger partial charge in [0.05, 0.1) is 25.4 Å². The van der Waals surface area contributed by atoms with Gasteiger partial charge in [0.15, 0.2) is 0 Å². The van der Waals surface area contributed by atoms with Crippen molar-refractivity contribution in [2.75, 3.05) is 13.2 Å². The highest BCUT2D eigenvalue weighted by Gasteiger charge is 2.20. The Hall–Kier alpha value is -1.66. The lowest BCUT2D eigenvalue weighted by atomic mass is 10.0. The summed E-state index contributed by atoms with van der Waals surface area (Å²) in [5.74, 6) is -0.000795. The third-order valence-corrected chi connectivity index (χ3v) is 21.5. The average Bonchev–Trinajstić information content (AvgIpc) is 2.23. The van der Waals surface area contributed by atoms with Crippen molar-refractivity contribution in [3.05, 3.63) is 24.3 Å². The van der Waals surface area contributed by atoms with Gasteiger partial charge in [-0.15, -0.1) is 0 Å². The summed E-state index contributed by atoms with van der Waals surface area (Å²) in [5, 5.41) is 23.5. The van der Waals surface area contributed by atoms with Crippen LogP contribution in [-0.2, 0) is 14.3 Å². The average molecular weight is 1370 g/mol. The van der Waals surface area contributed by atoms with E-state index in [1.54, 1.807) is 0 Å². The Kier molecular flexibility index (Phi) is 85.3. The first-order chi connectivity index (χ1) is 48.0. The minimum absolute atomic E-state index is 0.0250. The lowest BCUT2D eigenvalue weighted by Gasteiger charge is -2.22. The number of aliphatic hydroxyl groups is 2. The maximum Gasteiger partial charge on any atom is 0.305 e. The Morgan fingerprint density at radius 3 is 0.784 bits per heavy atom. The number of amides is 1. The molecule has 2 unspecified atom stereocenters. The van der Waals surface area contributed by atoms with E-state index < -0.39 is 12.1 Å². The Bertz CT molecular complexity index is 1530. The first-order valence-electron chi connectivity index (χ1n) is 45.1. The fourth-order valence-electron chi connectivity index (χ4n) is 14.7. The van der Waals surface area contributed by atoms with Crippen molar-refractivity contribution in [2.24, 2.45) is 0 Å². The van der Waals surface area contributed by atoms with Crippen LogP contribution >= 0.6 is 0 Å². The van der Waals surface area contributed by atoms with Crippen molar-refractivity contribution in [3.63, 3.8) is 0 Å². The molecule has 6 heteroatoms. The molecule has 0 bridgehead atoms. The Labute approximate surface area is 609 Å². The second-order valence-electron chi connectivity index (χ2n) is 31.3. The molecule has 0 aromatic carbocycles. The largest absolute Gasteiger partial charge is 0.466 e. The van der Waals surface area contributed by atoms with Crippen molar-refractivity contribution in [1.82, 2.24) is 5.32 Å². The summed E-state index contributed by atoms with van der Waals surface area (Å²) < 4.78 is 5.53. The molecule has 576 valence electrons. The summed E-state index contributed by atoms with van der Waals surface area (Å²) in [6.45, 7) is 5.03. The van der Waals surface area contributed by atoms with Gasteiger partial charge in [-0.1, -0.05) is 475 Å². The number of nitrogens with one attached hydrogen (secondary N) is 1. The predicted molar refractivity (Wildman–Crippen MR) is 430 cm³/mol. The number of esters is 1. The SMILES string of the molecule is CCCCCCCCCCCCCCCCCCCCCCCCCCC(O)C(CO)NC(=O)CCCCCCCCCCCCCCCCCCC/C=C\C/C=C\CCCCCCCCCCCCCCCOC(=O)CCCCCCCCCCCCCCCCCCCCC. The van der Waals surface area contributed by atoms with E-state index in [-0.39, 0.29) is 18.5 Å². The van der Waals surface area contributed by atoms with Crippen LogP contribution in [-0.4, -0.2) is 47.4 Å². The maximum atomic E-state index is 12.6. The first kappa shape index (κ1) is 95.3. The standard InChI is InChI=1S/C91H177NO5/c1-3-5-7-9-11-13-15-17-19-21-23-24-25-41-44-48-51-55-59-63-67-71-75-79-83-89(94)88(87-93)92-90(95)84-80-76-72-68-64-60-56-52-49-45-42-39-37-35-33-31-29-27-26-28-30-32-34-36-38-40-43-46-50-54-58-62-66-70-74-78-82-86-97-91(96)85-81-77-73-69-65-61-57-53-47-22-20-18-16-14-12-10-8-6-4-2/h26,28,32,34,88-89,93-94H,3-25,27,29-31,33,35-87H2,1-2H3,(H,92,95)/b28-26-,34-32-. The fourth-order valence-corrected chi connectivity index (χ4v) is 14.7. The zero-order chi connectivity index (χ0) is 69.8. The smallest absolute Gasteiger partial charge is 0.305 e. The van der Waals surface area contributed by atoms with E-state index in [1.165, 1.54) is 443 Å². The first-order valence-corrected chi connectivity index (χ1v) is 45.1. The van der Waals surface area contributed by atoms with Gasteiger partial charge in [0.1, 0.15) is 0 Å². The van der Waals surface area contributed by atoms with E-state index >= 15 is 0 Å².